The third kappa shape index (κ3) is 2.90. The van der Waals surface area contributed by atoms with Crippen LogP contribution in [0.3, 0.4) is 0 Å². The van der Waals surface area contributed by atoms with E-state index >= 15 is 0 Å². The molecule has 3 N–H and O–H groups in total. The Kier molecular flexibility index (Phi) is 3.88. The molecule has 0 spiro atoms. The fourth-order valence-corrected chi connectivity index (χ4v) is 3.77. The van der Waals surface area contributed by atoms with E-state index in [2.05, 4.69) is 29.4 Å². The van der Waals surface area contributed by atoms with Crippen LogP contribution in [0.25, 0.3) is 0 Å². The Hall–Kier alpha value is -1.94. The van der Waals surface area contributed by atoms with Crippen molar-refractivity contribution < 1.29 is 5.21 Å². The van der Waals surface area contributed by atoms with Crippen molar-refractivity contribution in [1.82, 2.24) is 0 Å². The highest BCUT2D eigenvalue weighted by Gasteiger charge is 2.11. The van der Waals surface area contributed by atoms with Crippen LogP contribution in [0.2, 0.25) is 0 Å². The molecule has 0 fully saturated rings. The van der Waals surface area contributed by atoms with Gasteiger partial charge < -0.3 is 10.9 Å². The lowest BCUT2D eigenvalue weighted by Gasteiger charge is -2.08. The summed E-state index contributed by atoms with van der Waals surface area (Å²) in [6.07, 6.45) is 3.69. The molecule has 0 amide bonds. The monoisotopic (exact) mass is 298 g/mol. The van der Waals surface area contributed by atoms with Crippen LogP contribution in [0.4, 0.5) is 0 Å². The summed E-state index contributed by atoms with van der Waals surface area (Å²) in [6.45, 7) is 1.97. The molecule has 4 heteroatoms. The number of amidine groups is 1. The average Bonchev–Trinajstić information content (AvgIpc) is 2.94. The van der Waals surface area contributed by atoms with Crippen LogP contribution in [-0.4, -0.2) is 11.0 Å². The summed E-state index contributed by atoms with van der Waals surface area (Å²) in [7, 11) is 0. The van der Waals surface area contributed by atoms with E-state index in [-0.39, 0.29) is 5.84 Å². The average molecular weight is 298 g/mol. The second-order valence-electron chi connectivity index (χ2n) is 5.35. The van der Waals surface area contributed by atoms with Gasteiger partial charge in [0.05, 0.1) is 0 Å². The first kappa shape index (κ1) is 14.0. The van der Waals surface area contributed by atoms with Crippen LogP contribution >= 0.6 is 11.8 Å². The van der Waals surface area contributed by atoms with E-state index in [1.54, 1.807) is 11.8 Å². The maximum absolute atomic E-state index is 8.76. The molecule has 0 aliphatic heterocycles. The summed E-state index contributed by atoms with van der Waals surface area (Å²) in [6, 6.07) is 12.7. The lowest BCUT2D eigenvalue weighted by molar-refractivity contribution is 0.318. The van der Waals surface area contributed by atoms with E-state index in [1.807, 2.05) is 19.1 Å². The lowest BCUT2D eigenvalue weighted by Crippen LogP contribution is -2.14. The first-order chi connectivity index (χ1) is 10.2. The molecule has 1 aliphatic rings. The summed E-state index contributed by atoms with van der Waals surface area (Å²) in [5, 5.41) is 11.8. The fourth-order valence-electron chi connectivity index (χ4n) is 2.79. The highest BCUT2D eigenvalue weighted by Crippen LogP contribution is 2.32. The third-order valence-electron chi connectivity index (χ3n) is 3.89. The zero-order chi connectivity index (χ0) is 14.8. The minimum Gasteiger partial charge on any atom is -0.409 e. The molecule has 0 saturated heterocycles. The Balaban J connectivity index is 1.84. The summed E-state index contributed by atoms with van der Waals surface area (Å²) in [5.41, 5.74) is 10.4. The predicted molar refractivity (Wildman–Crippen MR) is 86.3 cm³/mol. The molecule has 21 heavy (non-hydrogen) atoms. The van der Waals surface area contributed by atoms with Crippen LogP contribution in [-0.2, 0) is 12.8 Å². The molecular weight excluding hydrogens is 280 g/mol. The van der Waals surface area contributed by atoms with E-state index in [1.165, 1.54) is 40.2 Å². The molecule has 0 radical (unpaired) electrons. The summed E-state index contributed by atoms with van der Waals surface area (Å²) >= 11 is 1.75. The first-order valence-electron chi connectivity index (χ1n) is 7.05. The summed E-state index contributed by atoms with van der Waals surface area (Å²) < 4.78 is 0. The van der Waals surface area contributed by atoms with Crippen molar-refractivity contribution in [1.29, 1.82) is 0 Å². The quantitative estimate of drug-likeness (QED) is 0.393. The SMILES string of the molecule is Cc1cc(Sc2ccc3c(c2)CCC3)ccc1/C(N)=N/O. The minimum absolute atomic E-state index is 0.154. The lowest BCUT2D eigenvalue weighted by atomic mass is 10.1. The molecule has 0 bridgehead atoms. The van der Waals surface area contributed by atoms with Gasteiger partial charge in [0, 0.05) is 15.4 Å². The molecular formula is C17H18N2OS. The van der Waals surface area contributed by atoms with E-state index in [9.17, 15) is 0 Å². The van der Waals surface area contributed by atoms with Crippen molar-refractivity contribution in [2.75, 3.05) is 0 Å². The van der Waals surface area contributed by atoms with Crippen LogP contribution in [0.1, 0.15) is 28.7 Å². The molecule has 0 saturated carbocycles. The van der Waals surface area contributed by atoms with Crippen molar-refractivity contribution in [2.45, 2.75) is 36.0 Å². The van der Waals surface area contributed by atoms with Gasteiger partial charge in [-0.3, -0.25) is 0 Å². The third-order valence-corrected chi connectivity index (χ3v) is 4.87. The first-order valence-corrected chi connectivity index (χ1v) is 7.87. The van der Waals surface area contributed by atoms with E-state index < -0.39 is 0 Å². The van der Waals surface area contributed by atoms with Crippen LogP contribution in [0.15, 0.2) is 51.3 Å². The maximum atomic E-state index is 8.76. The number of benzene rings is 2. The van der Waals surface area contributed by atoms with Gasteiger partial charge in [0.15, 0.2) is 5.84 Å². The molecule has 2 aromatic rings. The number of nitrogens with two attached hydrogens (primary N) is 1. The summed E-state index contributed by atoms with van der Waals surface area (Å²) in [5.74, 6) is 0.154. The van der Waals surface area contributed by atoms with Crippen molar-refractivity contribution in [3.8, 4) is 0 Å². The molecule has 0 unspecified atom stereocenters. The number of hydrogen-bond acceptors (Lipinski definition) is 3. The Bertz CT molecular complexity index is 710. The number of fused-ring (bicyclic) bond motifs is 1. The molecule has 3 nitrogen and oxygen atoms in total. The molecule has 0 aromatic heterocycles. The standard InChI is InChI=1S/C17H18N2OS/c1-11-9-14(7-8-16(11)17(18)19-20)21-15-6-5-12-3-2-4-13(12)10-15/h5-10,20H,2-4H2,1H3,(H2,18,19). The Morgan fingerprint density at radius 1 is 1.10 bits per heavy atom. The van der Waals surface area contributed by atoms with E-state index in [0.717, 1.165) is 11.1 Å². The predicted octanol–water partition coefficient (Wildman–Crippen LogP) is 3.73. The van der Waals surface area contributed by atoms with Gasteiger partial charge in [-0.25, -0.2) is 0 Å². The highest BCUT2D eigenvalue weighted by atomic mass is 32.2. The molecule has 3 rings (SSSR count). The molecule has 1 aliphatic carbocycles. The zero-order valence-corrected chi connectivity index (χ0v) is 12.8. The number of hydrogen-bond donors (Lipinski definition) is 2. The number of rotatable bonds is 3. The van der Waals surface area contributed by atoms with Gasteiger partial charge in [-0.2, -0.15) is 0 Å². The van der Waals surface area contributed by atoms with Gasteiger partial charge in [0.2, 0.25) is 0 Å². The van der Waals surface area contributed by atoms with Crippen molar-refractivity contribution in [3.63, 3.8) is 0 Å². The van der Waals surface area contributed by atoms with Crippen LogP contribution in [0.5, 0.6) is 0 Å². The van der Waals surface area contributed by atoms with Gasteiger partial charge in [0.25, 0.3) is 0 Å². The second kappa shape index (κ2) is 5.82. The van der Waals surface area contributed by atoms with Crippen molar-refractivity contribution in [3.05, 3.63) is 58.7 Å². The topological polar surface area (TPSA) is 58.6 Å². The zero-order valence-electron chi connectivity index (χ0n) is 12.0. The summed E-state index contributed by atoms with van der Waals surface area (Å²) in [4.78, 5) is 2.44. The van der Waals surface area contributed by atoms with Crippen molar-refractivity contribution >= 4 is 17.6 Å². The maximum Gasteiger partial charge on any atom is 0.170 e. The van der Waals surface area contributed by atoms with Gasteiger partial charge >= 0.3 is 0 Å². The van der Waals surface area contributed by atoms with Gasteiger partial charge in [0.1, 0.15) is 0 Å². The number of nitrogens with zero attached hydrogens (tertiary/aromatic N) is 1. The van der Waals surface area contributed by atoms with Gasteiger partial charge in [-0.05, 0) is 73.2 Å². The Morgan fingerprint density at radius 3 is 2.57 bits per heavy atom. The fraction of sp³-hybridized carbons (Fsp3) is 0.235. The molecule has 0 heterocycles. The van der Waals surface area contributed by atoms with E-state index in [4.69, 9.17) is 10.9 Å². The largest absolute Gasteiger partial charge is 0.409 e. The van der Waals surface area contributed by atoms with E-state index in [0.29, 0.717) is 0 Å². The number of oxime groups is 1. The minimum atomic E-state index is 0.154. The van der Waals surface area contributed by atoms with Crippen LogP contribution < -0.4 is 5.73 Å². The van der Waals surface area contributed by atoms with Gasteiger partial charge in [-0.1, -0.05) is 23.0 Å². The molecule has 108 valence electrons. The van der Waals surface area contributed by atoms with Gasteiger partial charge in [-0.15, -0.1) is 0 Å². The normalized spacial score (nSPS) is 14.2. The highest BCUT2D eigenvalue weighted by molar-refractivity contribution is 7.99. The van der Waals surface area contributed by atoms with Crippen molar-refractivity contribution in [2.24, 2.45) is 10.9 Å². The smallest absolute Gasteiger partial charge is 0.170 e. The second-order valence-corrected chi connectivity index (χ2v) is 6.50. The Labute approximate surface area is 128 Å². The molecule has 0 atom stereocenters. The Morgan fingerprint density at radius 2 is 1.81 bits per heavy atom. The molecule has 2 aromatic carbocycles. The van der Waals surface area contributed by atoms with Crippen LogP contribution in [0, 0.1) is 6.92 Å². The number of aryl methyl sites for hydroxylation is 3.